The second kappa shape index (κ2) is 10.3. The van der Waals surface area contributed by atoms with Gasteiger partial charge in [0.2, 0.25) is 5.95 Å². The van der Waals surface area contributed by atoms with Gasteiger partial charge in [-0.1, -0.05) is 0 Å². The molecule has 2 N–H and O–H groups in total. The summed E-state index contributed by atoms with van der Waals surface area (Å²) >= 11 is 0. The molecule has 0 bridgehead atoms. The second-order valence-electron chi connectivity index (χ2n) is 11.1. The minimum atomic E-state index is -0.560. The second-order valence-corrected chi connectivity index (χ2v) is 11.1. The molecule has 13 heteroatoms. The maximum Gasteiger partial charge on any atom is 0.410 e. The molecule has 5 rings (SSSR count). The van der Waals surface area contributed by atoms with E-state index in [4.69, 9.17) is 9.72 Å². The molecule has 1 saturated carbocycles. The number of piperazine rings is 1. The Morgan fingerprint density at radius 1 is 1.13 bits per heavy atom. The lowest BCUT2D eigenvalue weighted by atomic mass is 10.1. The number of pyridine rings is 1. The first kappa shape index (κ1) is 26.6. The van der Waals surface area contributed by atoms with Crippen molar-refractivity contribution >= 4 is 35.2 Å². The quantitative estimate of drug-likeness (QED) is 0.470. The van der Waals surface area contributed by atoms with E-state index in [-0.39, 0.29) is 23.9 Å². The largest absolute Gasteiger partial charge is 0.444 e. The zero-order chi connectivity index (χ0) is 27.9. The van der Waals surface area contributed by atoms with Crippen molar-refractivity contribution in [2.24, 2.45) is 7.05 Å². The van der Waals surface area contributed by atoms with Crippen molar-refractivity contribution in [3.63, 3.8) is 0 Å². The Balaban J connectivity index is 1.39. The first-order valence-electron chi connectivity index (χ1n) is 13.2. The number of aryl methyl sites for hydroxylation is 2. The van der Waals surface area contributed by atoms with E-state index in [9.17, 15) is 9.18 Å². The molecule has 0 aromatic carbocycles. The summed E-state index contributed by atoms with van der Waals surface area (Å²) in [5, 5.41) is 14.8. The number of hydrogen-bond donors (Lipinski definition) is 2. The lowest BCUT2D eigenvalue weighted by molar-refractivity contribution is 0.0159. The van der Waals surface area contributed by atoms with Crippen LogP contribution < -0.4 is 15.5 Å². The number of carbonyl (C=O) groups excluding carboxylic acids is 1. The summed E-state index contributed by atoms with van der Waals surface area (Å²) in [7, 11) is 1.73. The van der Waals surface area contributed by atoms with Crippen LogP contribution in [0.5, 0.6) is 0 Å². The normalized spacial score (nSPS) is 17.8. The number of ether oxygens (including phenoxy) is 1. The van der Waals surface area contributed by atoms with E-state index in [1.807, 2.05) is 27.7 Å². The van der Waals surface area contributed by atoms with Gasteiger partial charge in [0.05, 0.1) is 23.8 Å². The van der Waals surface area contributed by atoms with Gasteiger partial charge in [0.25, 0.3) is 0 Å². The highest BCUT2D eigenvalue weighted by Gasteiger charge is 2.32. The number of amides is 1. The summed E-state index contributed by atoms with van der Waals surface area (Å²) < 4.78 is 20.2. The highest BCUT2D eigenvalue weighted by molar-refractivity contribution is 5.73. The topological polar surface area (TPSA) is 126 Å². The number of nitrogens with zero attached hydrogens (tertiary/aromatic N) is 8. The summed E-state index contributed by atoms with van der Waals surface area (Å²) in [6.07, 6.45) is 4.97. The lowest BCUT2D eigenvalue weighted by Crippen LogP contribution is -2.55. The summed E-state index contributed by atoms with van der Waals surface area (Å²) in [6.45, 7) is 10.9. The summed E-state index contributed by atoms with van der Waals surface area (Å²) in [6, 6.07) is 1.65. The van der Waals surface area contributed by atoms with E-state index in [0.29, 0.717) is 54.3 Å². The van der Waals surface area contributed by atoms with Crippen LogP contribution >= 0.6 is 0 Å². The molecule has 0 spiro atoms. The highest BCUT2D eigenvalue weighted by Crippen LogP contribution is 2.42. The SMILES string of the molecule is Cc1nc(Nc2ncc(N3CCN(C(=O)OC(C)(C)C)[C@H](C)C3)c(Nc3cnn(C)n3)n2)cc(C2CC2)c1F. The van der Waals surface area contributed by atoms with Gasteiger partial charge in [-0.05, 0) is 65.0 Å². The Kier molecular flexibility index (Phi) is 7.00. The van der Waals surface area contributed by atoms with Gasteiger partial charge in [0.1, 0.15) is 17.2 Å². The molecule has 1 saturated heterocycles. The van der Waals surface area contributed by atoms with Gasteiger partial charge in [-0.3, -0.25) is 0 Å². The van der Waals surface area contributed by atoms with E-state index in [1.165, 1.54) is 4.80 Å². The zero-order valence-corrected chi connectivity index (χ0v) is 23.2. The van der Waals surface area contributed by atoms with Gasteiger partial charge in [0, 0.05) is 32.7 Å². The molecule has 1 amide bonds. The highest BCUT2D eigenvalue weighted by atomic mass is 19.1. The number of hydrogen-bond acceptors (Lipinski definition) is 10. The molecule has 1 aliphatic carbocycles. The Morgan fingerprint density at radius 2 is 1.90 bits per heavy atom. The summed E-state index contributed by atoms with van der Waals surface area (Å²) in [5.74, 6) is 1.84. The van der Waals surface area contributed by atoms with Crippen LogP contribution in [-0.4, -0.2) is 72.2 Å². The number of nitrogens with one attached hydrogen (secondary N) is 2. The van der Waals surface area contributed by atoms with Gasteiger partial charge in [0.15, 0.2) is 11.6 Å². The maximum absolute atomic E-state index is 14.6. The molecule has 2 fully saturated rings. The Labute approximate surface area is 227 Å². The average Bonchev–Trinajstić information content (AvgIpc) is 3.61. The minimum absolute atomic E-state index is 0.0944. The van der Waals surface area contributed by atoms with Crippen molar-refractivity contribution in [2.75, 3.05) is 35.2 Å². The third kappa shape index (κ3) is 6.18. The molecule has 208 valence electrons. The Morgan fingerprint density at radius 3 is 2.54 bits per heavy atom. The van der Waals surface area contributed by atoms with Crippen LogP contribution in [0.15, 0.2) is 18.5 Å². The zero-order valence-electron chi connectivity index (χ0n) is 23.2. The predicted octanol–water partition coefficient (Wildman–Crippen LogP) is 4.26. The molecule has 3 aromatic heterocycles. The fraction of sp³-hybridized carbons (Fsp3) is 0.538. The predicted molar refractivity (Wildman–Crippen MR) is 145 cm³/mol. The Hall–Kier alpha value is -4.03. The van der Waals surface area contributed by atoms with Crippen LogP contribution in [0.4, 0.5) is 38.3 Å². The molecule has 2 aliphatic rings. The van der Waals surface area contributed by atoms with Gasteiger partial charge >= 0.3 is 6.09 Å². The third-order valence-electron chi connectivity index (χ3n) is 6.62. The van der Waals surface area contributed by atoms with Gasteiger partial charge in [-0.2, -0.15) is 14.9 Å². The molecular formula is C26H35FN10O2. The summed E-state index contributed by atoms with van der Waals surface area (Å²) in [5.41, 5.74) is 1.21. The van der Waals surface area contributed by atoms with Crippen LogP contribution in [0.2, 0.25) is 0 Å². The van der Waals surface area contributed by atoms with Crippen LogP contribution in [0, 0.1) is 12.7 Å². The van der Waals surface area contributed by atoms with Gasteiger partial charge < -0.3 is 25.2 Å². The molecule has 0 unspecified atom stereocenters. The van der Waals surface area contributed by atoms with Crippen LogP contribution in [0.25, 0.3) is 0 Å². The fourth-order valence-electron chi connectivity index (χ4n) is 4.60. The number of rotatable bonds is 6. The molecule has 39 heavy (non-hydrogen) atoms. The van der Waals surface area contributed by atoms with Crippen LogP contribution in [0.1, 0.15) is 57.7 Å². The molecule has 1 atom stereocenters. The first-order chi connectivity index (χ1) is 18.5. The lowest BCUT2D eigenvalue weighted by Gasteiger charge is -2.41. The van der Waals surface area contributed by atoms with Gasteiger partial charge in [-0.15, -0.1) is 5.10 Å². The number of carbonyl (C=O) groups is 1. The van der Waals surface area contributed by atoms with Gasteiger partial charge in [-0.25, -0.2) is 19.2 Å². The number of aromatic nitrogens is 6. The van der Waals surface area contributed by atoms with Crippen molar-refractivity contribution < 1.29 is 13.9 Å². The molecule has 3 aromatic rings. The minimum Gasteiger partial charge on any atom is -0.444 e. The fourth-order valence-corrected chi connectivity index (χ4v) is 4.60. The summed E-state index contributed by atoms with van der Waals surface area (Å²) in [4.78, 5) is 31.7. The molecular weight excluding hydrogens is 503 g/mol. The maximum atomic E-state index is 14.6. The molecule has 0 radical (unpaired) electrons. The smallest absolute Gasteiger partial charge is 0.410 e. The van der Waals surface area contributed by atoms with E-state index < -0.39 is 5.60 Å². The van der Waals surface area contributed by atoms with E-state index >= 15 is 0 Å². The Bertz CT molecular complexity index is 1370. The average molecular weight is 539 g/mol. The van der Waals surface area contributed by atoms with Crippen molar-refractivity contribution in [3.8, 4) is 0 Å². The molecule has 12 nitrogen and oxygen atoms in total. The standard InChI is InChI=1S/C26H35FN10O2/c1-15-14-36(9-10-37(15)25(38)39-26(3,4)5)19-12-28-24(33-23(19)31-21-13-29-35(6)34-21)32-20-11-18(17-7-8-17)22(27)16(2)30-20/h11-13,15,17H,7-10,14H2,1-6H3,(H2,28,30,31,32,33,34)/t15-/m1/s1. The van der Waals surface area contributed by atoms with E-state index in [1.54, 1.807) is 37.3 Å². The third-order valence-corrected chi connectivity index (χ3v) is 6.62. The van der Waals surface area contributed by atoms with Crippen LogP contribution in [0.3, 0.4) is 0 Å². The van der Waals surface area contributed by atoms with Crippen molar-refractivity contribution in [2.45, 2.75) is 65.0 Å². The monoisotopic (exact) mass is 538 g/mol. The van der Waals surface area contributed by atoms with Crippen LogP contribution in [-0.2, 0) is 11.8 Å². The number of halogens is 1. The van der Waals surface area contributed by atoms with Crippen molar-refractivity contribution in [1.82, 2.24) is 34.8 Å². The van der Waals surface area contributed by atoms with Crippen molar-refractivity contribution in [3.05, 3.63) is 35.5 Å². The molecule has 1 aliphatic heterocycles. The van der Waals surface area contributed by atoms with E-state index in [0.717, 1.165) is 18.5 Å². The molecule has 4 heterocycles. The van der Waals surface area contributed by atoms with E-state index in [2.05, 4.69) is 35.7 Å². The number of anilines is 5. The first-order valence-corrected chi connectivity index (χ1v) is 13.2. The van der Waals surface area contributed by atoms with Crippen molar-refractivity contribution in [1.29, 1.82) is 0 Å².